The molecule has 1 amide bonds. The number of amides is 1. The molecule has 24 heavy (non-hydrogen) atoms. The maximum Gasteiger partial charge on any atom is 0.254 e. The summed E-state index contributed by atoms with van der Waals surface area (Å²) in [7, 11) is 0. The molecule has 1 unspecified atom stereocenters. The van der Waals surface area contributed by atoms with E-state index in [0.717, 1.165) is 38.3 Å². The number of pyridine rings is 1. The van der Waals surface area contributed by atoms with Crippen LogP contribution >= 0.6 is 0 Å². The van der Waals surface area contributed by atoms with E-state index in [2.05, 4.69) is 32.0 Å². The van der Waals surface area contributed by atoms with Gasteiger partial charge in [0.25, 0.3) is 5.91 Å². The zero-order valence-corrected chi connectivity index (χ0v) is 14.3. The van der Waals surface area contributed by atoms with Gasteiger partial charge in [-0.1, -0.05) is 6.92 Å². The van der Waals surface area contributed by atoms with Gasteiger partial charge in [0.2, 0.25) is 0 Å². The van der Waals surface area contributed by atoms with Crippen molar-refractivity contribution >= 4 is 5.91 Å². The minimum atomic E-state index is -0.135. The molecular weight excluding hydrogens is 304 g/mol. The Kier molecular flexibility index (Phi) is 5.20. The second-order valence-corrected chi connectivity index (χ2v) is 6.18. The Labute approximate surface area is 142 Å². The van der Waals surface area contributed by atoms with Crippen molar-refractivity contribution in [3.8, 4) is 0 Å². The molecule has 0 bridgehead atoms. The highest BCUT2D eigenvalue weighted by Gasteiger charge is 2.32. The first-order valence-corrected chi connectivity index (χ1v) is 8.51. The minimum Gasteiger partial charge on any atom is -0.327 e. The molecule has 0 radical (unpaired) electrons. The summed E-state index contributed by atoms with van der Waals surface area (Å²) in [5.41, 5.74) is 0.659. The zero-order chi connectivity index (χ0) is 16.9. The molecule has 2 aromatic heterocycles. The first kappa shape index (κ1) is 16.6. The van der Waals surface area contributed by atoms with Crippen molar-refractivity contribution < 1.29 is 4.79 Å². The fourth-order valence-corrected chi connectivity index (χ4v) is 3.21. The molecule has 1 aliphatic rings. The van der Waals surface area contributed by atoms with Crippen molar-refractivity contribution in [1.29, 1.82) is 0 Å². The molecule has 0 saturated carbocycles. The smallest absolute Gasteiger partial charge is 0.254 e. The van der Waals surface area contributed by atoms with E-state index >= 15 is 0 Å². The lowest BCUT2D eigenvalue weighted by molar-refractivity contribution is 0.0665. The number of nitrogens with one attached hydrogen (secondary N) is 1. The van der Waals surface area contributed by atoms with Crippen LogP contribution in [0, 0.1) is 6.92 Å². The zero-order valence-electron chi connectivity index (χ0n) is 14.3. The molecule has 1 saturated heterocycles. The number of aromatic amines is 1. The van der Waals surface area contributed by atoms with Crippen molar-refractivity contribution in [3.63, 3.8) is 0 Å². The summed E-state index contributed by atoms with van der Waals surface area (Å²) in [4.78, 5) is 25.8. The van der Waals surface area contributed by atoms with Crippen LogP contribution in [0.25, 0.3) is 0 Å². The SMILES string of the molecule is CCCN1CCCN(C(=O)c2ccncc2)C(c2n[nH]c(C)n2)C1. The standard InChI is InChI=1S/C17H24N6O/c1-3-9-22-10-4-11-23(17(24)14-5-7-18-8-6-14)15(12-22)16-19-13(2)20-21-16/h5-8,15H,3-4,9-12H2,1-2H3,(H,19,20,21). The molecule has 1 fully saturated rings. The van der Waals surface area contributed by atoms with Crippen LogP contribution in [-0.2, 0) is 0 Å². The van der Waals surface area contributed by atoms with Gasteiger partial charge in [0.15, 0.2) is 5.82 Å². The van der Waals surface area contributed by atoms with E-state index in [1.165, 1.54) is 0 Å². The number of carbonyl (C=O) groups excluding carboxylic acids is 1. The molecule has 2 aromatic rings. The van der Waals surface area contributed by atoms with Crippen LogP contribution in [0.5, 0.6) is 0 Å². The third kappa shape index (κ3) is 3.62. The van der Waals surface area contributed by atoms with E-state index in [4.69, 9.17) is 0 Å². The second kappa shape index (κ2) is 7.53. The fraction of sp³-hybridized carbons (Fsp3) is 0.529. The molecule has 0 aliphatic carbocycles. The van der Waals surface area contributed by atoms with Crippen molar-refractivity contribution in [3.05, 3.63) is 41.7 Å². The molecular formula is C17H24N6O. The Bertz CT molecular complexity index is 671. The van der Waals surface area contributed by atoms with E-state index in [0.29, 0.717) is 17.9 Å². The number of hydrogen-bond donors (Lipinski definition) is 1. The largest absolute Gasteiger partial charge is 0.327 e. The number of aromatic nitrogens is 4. The third-order valence-corrected chi connectivity index (χ3v) is 4.32. The topological polar surface area (TPSA) is 78.0 Å². The van der Waals surface area contributed by atoms with Gasteiger partial charge in [-0.2, -0.15) is 5.10 Å². The number of aryl methyl sites for hydroxylation is 1. The number of nitrogens with zero attached hydrogens (tertiary/aromatic N) is 5. The Hall–Kier alpha value is -2.28. The van der Waals surface area contributed by atoms with E-state index in [-0.39, 0.29) is 11.9 Å². The van der Waals surface area contributed by atoms with Crippen molar-refractivity contribution in [1.82, 2.24) is 30.0 Å². The van der Waals surface area contributed by atoms with Gasteiger partial charge < -0.3 is 9.80 Å². The van der Waals surface area contributed by atoms with Gasteiger partial charge in [-0.25, -0.2) is 4.98 Å². The Morgan fingerprint density at radius 1 is 1.33 bits per heavy atom. The van der Waals surface area contributed by atoms with Gasteiger partial charge in [0.05, 0.1) is 0 Å². The average Bonchev–Trinajstić information content (AvgIpc) is 2.92. The summed E-state index contributed by atoms with van der Waals surface area (Å²) < 4.78 is 0. The molecule has 0 spiro atoms. The highest BCUT2D eigenvalue weighted by atomic mass is 16.2. The van der Waals surface area contributed by atoms with E-state index in [9.17, 15) is 4.79 Å². The third-order valence-electron chi connectivity index (χ3n) is 4.32. The van der Waals surface area contributed by atoms with E-state index in [1.807, 2.05) is 11.8 Å². The van der Waals surface area contributed by atoms with Crippen LogP contribution in [0.4, 0.5) is 0 Å². The molecule has 7 nitrogen and oxygen atoms in total. The number of carbonyl (C=O) groups is 1. The van der Waals surface area contributed by atoms with Crippen molar-refractivity contribution in [2.75, 3.05) is 26.2 Å². The highest BCUT2D eigenvalue weighted by Crippen LogP contribution is 2.24. The summed E-state index contributed by atoms with van der Waals surface area (Å²) in [5.74, 6) is 1.48. The van der Waals surface area contributed by atoms with Crippen LogP contribution in [0.1, 0.15) is 47.8 Å². The van der Waals surface area contributed by atoms with E-state index < -0.39 is 0 Å². The summed E-state index contributed by atoms with van der Waals surface area (Å²) in [5, 5.41) is 7.24. The van der Waals surface area contributed by atoms with Crippen LogP contribution in [0.2, 0.25) is 0 Å². The van der Waals surface area contributed by atoms with E-state index in [1.54, 1.807) is 24.5 Å². The van der Waals surface area contributed by atoms with Gasteiger partial charge in [-0.05, 0) is 45.0 Å². The summed E-state index contributed by atoms with van der Waals surface area (Å²) in [6.07, 6.45) is 5.36. The molecule has 3 rings (SSSR count). The highest BCUT2D eigenvalue weighted by molar-refractivity contribution is 5.94. The minimum absolute atomic E-state index is 0.0169. The average molecular weight is 328 g/mol. The molecule has 3 heterocycles. The lowest BCUT2D eigenvalue weighted by atomic mass is 10.1. The number of rotatable bonds is 4. The summed E-state index contributed by atoms with van der Waals surface area (Å²) in [6, 6.07) is 3.39. The molecule has 128 valence electrons. The van der Waals surface area contributed by atoms with Crippen LogP contribution in [0.15, 0.2) is 24.5 Å². The van der Waals surface area contributed by atoms with Crippen LogP contribution < -0.4 is 0 Å². The lowest BCUT2D eigenvalue weighted by Gasteiger charge is -2.30. The van der Waals surface area contributed by atoms with Crippen LogP contribution in [-0.4, -0.2) is 62.1 Å². The van der Waals surface area contributed by atoms with Crippen LogP contribution in [0.3, 0.4) is 0 Å². The Morgan fingerprint density at radius 2 is 2.12 bits per heavy atom. The predicted octanol–water partition coefficient (Wildman–Crippen LogP) is 1.81. The van der Waals surface area contributed by atoms with Gasteiger partial charge in [0, 0.05) is 31.0 Å². The van der Waals surface area contributed by atoms with Crippen molar-refractivity contribution in [2.45, 2.75) is 32.7 Å². The maximum atomic E-state index is 13.0. The van der Waals surface area contributed by atoms with Gasteiger partial charge in [-0.3, -0.25) is 14.9 Å². The predicted molar refractivity (Wildman–Crippen MR) is 90.5 cm³/mol. The molecule has 7 heteroatoms. The monoisotopic (exact) mass is 328 g/mol. The van der Waals surface area contributed by atoms with Gasteiger partial charge in [-0.15, -0.1) is 0 Å². The number of H-pyrrole nitrogens is 1. The fourth-order valence-electron chi connectivity index (χ4n) is 3.21. The first-order valence-electron chi connectivity index (χ1n) is 8.51. The number of hydrogen-bond acceptors (Lipinski definition) is 5. The second-order valence-electron chi connectivity index (χ2n) is 6.18. The quantitative estimate of drug-likeness (QED) is 0.926. The molecule has 1 atom stereocenters. The summed E-state index contributed by atoms with van der Waals surface area (Å²) in [6.45, 7) is 7.55. The Balaban J connectivity index is 1.90. The Morgan fingerprint density at radius 3 is 2.79 bits per heavy atom. The van der Waals surface area contributed by atoms with Crippen molar-refractivity contribution in [2.24, 2.45) is 0 Å². The van der Waals surface area contributed by atoms with Gasteiger partial charge in [0.1, 0.15) is 11.9 Å². The maximum absolute atomic E-state index is 13.0. The summed E-state index contributed by atoms with van der Waals surface area (Å²) >= 11 is 0. The lowest BCUT2D eigenvalue weighted by Crippen LogP contribution is -2.39. The van der Waals surface area contributed by atoms with Gasteiger partial charge >= 0.3 is 0 Å². The molecule has 0 aromatic carbocycles. The first-order chi connectivity index (χ1) is 11.7. The molecule has 1 N–H and O–H groups in total. The normalized spacial score (nSPS) is 19.2. The molecule has 1 aliphatic heterocycles.